The van der Waals surface area contributed by atoms with Gasteiger partial charge in [-0.15, -0.1) is 5.47 Å². The second-order valence-corrected chi connectivity index (χ2v) is 1.34. The Bertz CT molecular complexity index is 122. The molecule has 0 aromatic heterocycles. The minimum atomic E-state index is 0.642. The summed E-state index contributed by atoms with van der Waals surface area (Å²) in [5.74, 6) is 0. The van der Waals surface area contributed by atoms with Gasteiger partial charge in [0.05, 0.1) is 0 Å². The molecule has 0 fully saturated rings. The number of aliphatic imine (C=N–C) groups is 1. The quantitative estimate of drug-likeness (QED) is 0.398. The van der Waals surface area contributed by atoms with E-state index in [-0.39, 0.29) is 0 Å². The maximum absolute atomic E-state index is 6.50. The van der Waals surface area contributed by atoms with Gasteiger partial charge in [0.1, 0.15) is 7.85 Å². The molecule has 1 N–H and O–H groups in total. The lowest BCUT2D eigenvalue weighted by molar-refractivity contribution is 1.51. The van der Waals surface area contributed by atoms with Gasteiger partial charge in [0.15, 0.2) is 0 Å². The second-order valence-electron chi connectivity index (χ2n) is 1.34. The number of hydrogen-bond donors (Lipinski definition) is 1. The van der Waals surface area contributed by atoms with Crippen LogP contribution in [0.5, 0.6) is 0 Å². The lowest BCUT2D eigenvalue weighted by atomic mass is 10.00. The summed E-state index contributed by atoms with van der Waals surface area (Å²) in [5.41, 5.74) is 0.642. The van der Waals surface area contributed by atoms with Crippen molar-refractivity contribution in [3.05, 3.63) is 11.7 Å². The van der Waals surface area contributed by atoms with E-state index in [0.29, 0.717) is 5.47 Å². The van der Waals surface area contributed by atoms with Crippen molar-refractivity contribution in [3.8, 4) is 0 Å². The number of hydrogen-bond acceptors (Lipinski definition) is 2. The van der Waals surface area contributed by atoms with Crippen LogP contribution in [0.3, 0.4) is 0 Å². The van der Waals surface area contributed by atoms with E-state index in [1.165, 1.54) is 12.4 Å². The summed E-state index contributed by atoms with van der Waals surface area (Å²) in [4.78, 5) is 3.63. The Morgan fingerprint density at radius 3 is 2.75 bits per heavy atom. The number of nitrogens with one attached hydrogen (secondary N) is 1. The molecule has 8 heavy (non-hydrogen) atoms. The molecule has 0 aromatic rings. The van der Waals surface area contributed by atoms with Crippen LogP contribution in [0.4, 0.5) is 0 Å². The van der Waals surface area contributed by atoms with E-state index in [0.717, 1.165) is 6.21 Å². The van der Waals surface area contributed by atoms with Crippen molar-refractivity contribution in [2.75, 3.05) is 0 Å². The molecule has 0 aromatic carbocycles. The molecule has 0 aliphatic rings. The molecule has 0 atom stereocenters. The molecule has 0 aliphatic heterocycles. The summed E-state index contributed by atoms with van der Waals surface area (Å²) in [6, 6.07) is 0. The third-order valence-corrected chi connectivity index (χ3v) is 0.439. The van der Waals surface area contributed by atoms with E-state index in [1.54, 1.807) is 6.92 Å². The summed E-state index contributed by atoms with van der Waals surface area (Å²) in [6.07, 6.45) is 3.95. The fourth-order valence-electron chi connectivity index (χ4n) is 0.204. The molecule has 0 aliphatic carbocycles. The van der Waals surface area contributed by atoms with E-state index >= 15 is 0 Å². The van der Waals surface area contributed by atoms with Crippen LogP contribution in [-0.4, -0.2) is 20.3 Å². The van der Waals surface area contributed by atoms with Crippen molar-refractivity contribution >= 4 is 20.3 Å². The van der Waals surface area contributed by atoms with Crippen LogP contribution < -0.4 is 0 Å². The second kappa shape index (κ2) is 4.31. The van der Waals surface area contributed by atoms with E-state index in [2.05, 4.69) is 4.99 Å². The zero-order chi connectivity index (χ0) is 6.41. The first-order valence-electron chi connectivity index (χ1n) is 2.22. The first-order valence-corrected chi connectivity index (χ1v) is 2.22. The zero-order valence-electron chi connectivity index (χ0n) is 4.76. The highest BCUT2D eigenvalue weighted by Gasteiger charge is 1.67. The molecule has 0 saturated heterocycles. The summed E-state index contributed by atoms with van der Waals surface area (Å²) < 4.78 is 0. The van der Waals surface area contributed by atoms with Crippen LogP contribution in [0.2, 0.25) is 0 Å². The summed E-state index contributed by atoms with van der Waals surface area (Å²) in [5, 5.41) is 6.50. The van der Waals surface area contributed by atoms with Crippen molar-refractivity contribution in [3.63, 3.8) is 0 Å². The third kappa shape index (κ3) is 5.14. The molecular weight excluding hydrogens is 98.9 g/mol. The molecule has 2 radical (unpaired) electrons. The molecule has 2 nitrogen and oxygen atoms in total. The van der Waals surface area contributed by atoms with E-state index < -0.39 is 0 Å². The zero-order valence-corrected chi connectivity index (χ0v) is 4.76. The smallest absolute Gasteiger partial charge is 0.109 e. The van der Waals surface area contributed by atoms with Gasteiger partial charge in [-0.05, 0) is 0 Å². The SMILES string of the molecule is [B]/C(C)=C/N=CC=N. The van der Waals surface area contributed by atoms with Crippen LogP contribution in [0.1, 0.15) is 6.92 Å². The molecule has 0 saturated carbocycles. The van der Waals surface area contributed by atoms with Gasteiger partial charge in [0, 0.05) is 18.6 Å². The van der Waals surface area contributed by atoms with Crippen LogP contribution in [0.25, 0.3) is 0 Å². The fraction of sp³-hybridized carbons (Fsp3) is 0.200. The number of allylic oxidation sites excluding steroid dienone is 1. The maximum Gasteiger partial charge on any atom is 0.109 e. The van der Waals surface area contributed by atoms with Crippen molar-refractivity contribution < 1.29 is 0 Å². The Hall–Kier alpha value is -0.855. The van der Waals surface area contributed by atoms with Gasteiger partial charge in [-0.25, -0.2) is 0 Å². The molecule has 0 unspecified atom stereocenters. The number of rotatable bonds is 2. The summed E-state index contributed by atoms with van der Waals surface area (Å²) in [6.45, 7) is 1.74. The molecule has 0 spiro atoms. The normalized spacial score (nSPS) is 12.4. The summed E-state index contributed by atoms with van der Waals surface area (Å²) in [7, 11) is 5.21. The van der Waals surface area contributed by atoms with Gasteiger partial charge < -0.3 is 5.41 Å². The molecule has 0 bridgehead atoms. The van der Waals surface area contributed by atoms with E-state index in [9.17, 15) is 0 Å². The van der Waals surface area contributed by atoms with Crippen LogP contribution in [-0.2, 0) is 0 Å². The average molecular weight is 106 g/mol. The van der Waals surface area contributed by atoms with Gasteiger partial charge in [-0.3, -0.25) is 4.99 Å². The highest BCUT2D eigenvalue weighted by atomic mass is 14.7. The Balaban J connectivity index is 3.57. The first-order chi connectivity index (χ1) is 3.77. The topological polar surface area (TPSA) is 36.2 Å². The van der Waals surface area contributed by atoms with Crippen molar-refractivity contribution in [1.82, 2.24) is 0 Å². The Morgan fingerprint density at radius 2 is 2.38 bits per heavy atom. The van der Waals surface area contributed by atoms with Crippen LogP contribution in [0, 0.1) is 5.41 Å². The molecule has 0 heterocycles. The first kappa shape index (κ1) is 7.14. The molecular formula is C5H7BN2. The van der Waals surface area contributed by atoms with Gasteiger partial charge in [-0.2, -0.15) is 0 Å². The molecule has 0 rings (SSSR count). The van der Waals surface area contributed by atoms with Gasteiger partial charge in [-0.1, -0.05) is 6.92 Å². The van der Waals surface area contributed by atoms with Gasteiger partial charge >= 0.3 is 0 Å². The highest BCUT2D eigenvalue weighted by molar-refractivity contribution is 6.21. The molecule has 0 amide bonds. The third-order valence-electron chi connectivity index (χ3n) is 0.439. The lowest BCUT2D eigenvalue weighted by Gasteiger charge is -1.78. The standard InChI is InChI=1S/C5H7BN2/c1-5(6)4-8-3-2-7/h2-4,7H,1H3/b5-4+,7-2?,8-3?. The minimum absolute atomic E-state index is 0.642. The van der Waals surface area contributed by atoms with E-state index in [4.69, 9.17) is 13.3 Å². The maximum atomic E-state index is 6.50. The molecule has 40 valence electrons. The Labute approximate surface area is 50.2 Å². The lowest BCUT2D eigenvalue weighted by Crippen LogP contribution is -1.71. The van der Waals surface area contributed by atoms with Crippen molar-refractivity contribution in [2.24, 2.45) is 4.99 Å². The minimum Gasteiger partial charge on any atom is -0.307 e. The van der Waals surface area contributed by atoms with Gasteiger partial charge in [0.2, 0.25) is 0 Å². The fourth-order valence-corrected chi connectivity index (χ4v) is 0.204. The monoisotopic (exact) mass is 106 g/mol. The van der Waals surface area contributed by atoms with Gasteiger partial charge in [0.25, 0.3) is 0 Å². The summed E-state index contributed by atoms with van der Waals surface area (Å²) >= 11 is 0. The Morgan fingerprint density at radius 1 is 1.75 bits per heavy atom. The highest BCUT2D eigenvalue weighted by Crippen LogP contribution is 1.80. The van der Waals surface area contributed by atoms with Crippen LogP contribution >= 0.6 is 0 Å². The molecule has 3 heteroatoms. The van der Waals surface area contributed by atoms with Crippen molar-refractivity contribution in [2.45, 2.75) is 6.92 Å². The van der Waals surface area contributed by atoms with E-state index in [1.807, 2.05) is 0 Å². The van der Waals surface area contributed by atoms with Crippen molar-refractivity contribution in [1.29, 1.82) is 5.41 Å². The Kier molecular flexibility index (Phi) is 3.85. The largest absolute Gasteiger partial charge is 0.307 e. The number of nitrogens with zero attached hydrogens (tertiary/aromatic N) is 1. The predicted molar refractivity (Wildman–Crippen MR) is 36.8 cm³/mol. The predicted octanol–water partition coefficient (Wildman–Crippen LogP) is 0.737. The average Bonchev–Trinajstić information content (AvgIpc) is 1.66. The van der Waals surface area contributed by atoms with Crippen LogP contribution in [0.15, 0.2) is 16.7 Å².